The number of epoxide rings is 1. The van der Waals surface area contributed by atoms with E-state index in [9.17, 15) is 0 Å². The van der Waals surface area contributed by atoms with Gasteiger partial charge in [0.2, 0.25) is 0 Å². The molecule has 1 atom stereocenters. The maximum Gasteiger partial charge on any atom is 0.0892 e. The van der Waals surface area contributed by atoms with Crippen LogP contribution in [-0.2, 0) is 4.74 Å². The molecule has 1 fully saturated rings. The highest BCUT2D eigenvalue weighted by molar-refractivity contribution is 7.99. The SMILES string of the molecule is C/C(=C\CSc1ccccc1)CC/C=C(\C)CCC1OC1(C)C. The molecule has 0 saturated carbocycles. The molecule has 1 heterocycles. The number of hydrogen-bond donors (Lipinski definition) is 0. The van der Waals surface area contributed by atoms with Crippen LogP contribution in [0.25, 0.3) is 0 Å². The average molecular weight is 331 g/mol. The molecular formula is C21H30OS. The second kappa shape index (κ2) is 8.75. The Bertz CT molecular complexity index is 542. The molecule has 23 heavy (non-hydrogen) atoms. The topological polar surface area (TPSA) is 12.5 Å². The summed E-state index contributed by atoms with van der Waals surface area (Å²) in [6, 6.07) is 10.6. The van der Waals surface area contributed by atoms with Gasteiger partial charge in [-0.15, -0.1) is 11.8 Å². The molecule has 0 radical (unpaired) electrons. The Morgan fingerprint density at radius 2 is 1.74 bits per heavy atom. The van der Waals surface area contributed by atoms with Crippen LogP contribution >= 0.6 is 11.8 Å². The molecule has 126 valence electrons. The third kappa shape index (κ3) is 6.97. The van der Waals surface area contributed by atoms with Gasteiger partial charge in [-0.2, -0.15) is 0 Å². The molecule has 2 heteroatoms. The third-order valence-corrected chi connectivity index (χ3v) is 5.36. The predicted octanol–water partition coefficient (Wildman–Crippen LogP) is 6.41. The van der Waals surface area contributed by atoms with Gasteiger partial charge in [0.1, 0.15) is 0 Å². The lowest BCUT2D eigenvalue weighted by Crippen LogP contribution is -2.02. The molecule has 1 aliphatic heterocycles. The van der Waals surface area contributed by atoms with Gasteiger partial charge < -0.3 is 4.74 Å². The quantitative estimate of drug-likeness (QED) is 0.295. The van der Waals surface area contributed by atoms with E-state index in [1.165, 1.54) is 22.5 Å². The first-order valence-corrected chi connectivity index (χ1v) is 9.63. The van der Waals surface area contributed by atoms with E-state index in [1.54, 1.807) is 0 Å². The minimum Gasteiger partial charge on any atom is -0.367 e. The molecule has 0 aliphatic carbocycles. The van der Waals surface area contributed by atoms with Crippen molar-refractivity contribution < 1.29 is 4.74 Å². The van der Waals surface area contributed by atoms with Crippen LogP contribution in [0.2, 0.25) is 0 Å². The molecule has 1 saturated heterocycles. The Kier molecular flexibility index (Phi) is 6.98. The van der Waals surface area contributed by atoms with Gasteiger partial charge in [-0.3, -0.25) is 0 Å². The molecule has 2 rings (SSSR count). The van der Waals surface area contributed by atoms with Gasteiger partial charge in [-0.05, 0) is 65.5 Å². The summed E-state index contributed by atoms with van der Waals surface area (Å²) >= 11 is 1.90. The fraction of sp³-hybridized carbons (Fsp3) is 0.524. The van der Waals surface area contributed by atoms with E-state index in [4.69, 9.17) is 4.74 Å². The fourth-order valence-corrected chi connectivity index (χ4v) is 3.56. The Morgan fingerprint density at radius 1 is 1.09 bits per heavy atom. The molecule has 1 aromatic carbocycles. The van der Waals surface area contributed by atoms with Crippen molar-refractivity contribution in [3.8, 4) is 0 Å². The van der Waals surface area contributed by atoms with Gasteiger partial charge in [-0.1, -0.05) is 41.5 Å². The van der Waals surface area contributed by atoms with Crippen LogP contribution in [0, 0.1) is 0 Å². The van der Waals surface area contributed by atoms with Crippen LogP contribution in [0.5, 0.6) is 0 Å². The predicted molar refractivity (Wildman–Crippen MR) is 102 cm³/mol. The molecule has 0 N–H and O–H groups in total. The zero-order valence-electron chi connectivity index (χ0n) is 15.0. The van der Waals surface area contributed by atoms with Crippen LogP contribution in [-0.4, -0.2) is 17.5 Å². The monoisotopic (exact) mass is 330 g/mol. The highest BCUT2D eigenvalue weighted by Crippen LogP contribution is 2.38. The van der Waals surface area contributed by atoms with E-state index in [0.717, 1.165) is 25.0 Å². The normalized spacial score (nSPS) is 20.6. The summed E-state index contributed by atoms with van der Waals surface area (Å²) in [7, 11) is 0. The van der Waals surface area contributed by atoms with Crippen LogP contribution in [0.15, 0.2) is 58.5 Å². The lowest BCUT2D eigenvalue weighted by atomic mass is 10.0. The molecule has 0 bridgehead atoms. The summed E-state index contributed by atoms with van der Waals surface area (Å²) in [6.07, 6.45) is 9.89. The maximum absolute atomic E-state index is 5.64. The Balaban J connectivity index is 1.60. The molecule has 1 nitrogen and oxygen atoms in total. The van der Waals surface area contributed by atoms with E-state index in [2.05, 4.69) is 70.2 Å². The van der Waals surface area contributed by atoms with Crippen molar-refractivity contribution in [2.75, 3.05) is 5.75 Å². The standard InChI is InChI=1S/C21H30OS/c1-17(13-14-20-21(3,4)22-20)9-8-10-18(2)15-16-23-19-11-6-5-7-12-19/h5-7,9,11-12,15,20H,8,10,13-14,16H2,1-4H3/b17-9+,18-15+. The van der Waals surface area contributed by atoms with E-state index in [1.807, 2.05) is 11.8 Å². The van der Waals surface area contributed by atoms with Crippen molar-refractivity contribution in [3.05, 3.63) is 53.6 Å². The van der Waals surface area contributed by atoms with Crippen molar-refractivity contribution in [1.82, 2.24) is 0 Å². The lowest BCUT2D eigenvalue weighted by molar-refractivity contribution is 0.320. The summed E-state index contributed by atoms with van der Waals surface area (Å²) in [6.45, 7) is 8.85. The highest BCUT2D eigenvalue weighted by Gasteiger charge is 2.46. The highest BCUT2D eigenvalue weighted by atomic mass is 32.2. The van der Waals surface area contributed by atoms with Gasteiger partial charge in [0.15, 0.2) is 0 Å². The molecule has 1 aromatic rings. The van der Waals surface area contributed by atoms with Crippen molar-refractivity contribution in [3.63, 3.8) is 0 Å². The smallest absolute Gasteiger partial charge is 0.0892 e. The summed E-state index contributed by atoms with van der Waals surface area (Å²) < 4.78 is 5.64. The van der Waals surface area contributed by atoms with Crippen molar-refractivity contribution in [1.29, 1.82) is 0 Å². The van der Waals surface area contributed by atoms with Gasteiger partial charge in [0.05, 0.1) is 11.7 Å². The van der Waals surface area contributed by atoms with Gasteiger partial charge in [0, 0.05) is 10.6 Å². The number of thioether (sulfide) groups is 1. The minimum atomic E-state index is 0.135. The van der Waals surface area contributed by atoms with Crippen LogP contribution in [0.4, 0.5) is 0 Å². The molecular weight excluding hydrogens is 300 g/mol. The van der Waals surface area contributed by atoms with Gasteiger partial charge in [-0.25, -0.2) is 0 Å². The number of allylic oxidation sites excluding steroid dienone is 3. The Morgan fingerprint density at radius 3 is 2.39 bits per heavy atom. The van der Waals surface area contributed by atoms with Gasteiger partial charge in [0.25, 0.3) is 0 Å². The molecule has 0 spiro atoms. The molecule has 1 unspecified atom stereocenters. The van der Waals surface area contributed by atoms with E-state index >= 15 is 0 Å². The van der Waals surface area contributed by atoms with E-state index in [0.29, 0.717) is 6.10 Å². The van der Waals surface area contributed by atoms with E-state index < -0.39 is 0 Å². The first kappa shape index (κ1) is 18.4. The first-order valence-electron chi connectivity index (χ1n) is 8.64. The maximum atomic E-state index is 5.64. The average Bonchev–Trinajstić information content (AvgIpc) is 3.13. The minimum absolute atomic E-state index is 0.135. The second-order valence-electron chi connectivity index (χ2n) is 7.01. The molecule has 0 amide bonds. The third-order valence-electron chi connectivity index (χ3n) is 4.42. The Labute approximate surface area is 146 Å². The zero-order valence-corrected chi connectivity index (χ0v) is 15.8. The van der Waals surface area contributed by atoms with Crippen molar-refractivity contribution in [2.45, 2.75) is 70.0 Å². The van der Waals surface area contributed by atoms with Crippen molar-refractivity contribution >= 4 is 11.8 Å². The summed E-state index contributed by atoms with van der Waals surface area (Å²) in [5.74, 6) is 1.06. The number of rotatable bonds is 9. The number of hydrogen-bond acceptors (Lipinski definition) is 2. The van der Waals surface area contributed by atoms with Crippen LogP contribution in [0.1, 0.15) is 53.4 Å². The Hall–Kier alpha value is -0.990. The molecule has 1 aliphatic rings. The van der Waals surface area contributed by atoms with Crippen LogP contribution < -0.4 is 0 Å². The number of ether oxygens (including phenoxy) is 1. The number of benzene rings is 1. The molecule has 0 aromatic heterocycles. The van der Waals surface area contributed by atoms with E-state index in [-0.39, 0.29) is 5.60 Å². The largest absolute Gasteiger partial charge is 0.367 e. The van der Waals surface area contributed by atoms with Gasteiger partial charge >= 0.3 is 0 Å². The fourth-order valence-electron chi connectivity index (χ4n) is 2.65. The second-order valence-corrected chi connectivity index (χ2v) is 8.11. The van der Waals surface area contributed by atoms with Crippen molar-refractivity contribution in [2.24, 2.45) is 0 Å². The summed E-state index contributed by atoms with van der Waals surface area (Å²) in [5.41, 5.74) is 3.13. The summed E-state index contributed by atoms with van der Waals surface area (Å²) in [5, 5.41) is 0. The first-order chi connectivity index (χ1) is 11.0. The zero-order chi connectivity index (χ0) is 16.7. The van der Waals surface area contributed by atoms with Crippen LogP contribution in [0.3, 0.4) is 0 Å². The summed E-state index contributed by atoms with van der Waals surface area (Å²) in [4.78, 5) is 1.34. The lowest BCUT2D eigenvalue weighted by Gasteiger charge is -2.03.